The van der Waals surface area contributed by atoms with Gasteiger partial charge in [0.05, 0.1) is 16.6 Å². The highest BCUT2D eigenvalue weighted by atomic mass is 32.2. The second-order valence-corrected chi connectivity index (χ2v) is 8.10. The first-order valence-electron chi connectivity index (χ1n) is 8.58. The number of aromatic carboxylic acids is 1. The maximum atomic E-state index is 12.4. The second-order valence-electron chi connectivity index (χ2n) is 6.33. The number of ether oxygens (including phenoxy) is 1. The predicted molar refractivity (Wildman–Crippen MR) is 95.6 cm³/mol. The van der Waals surface area contributed by atoms with Gasteiger partial charge >= 0.3 is 5.97 Å². The van der Waals surface area contributed by atoms with Crippen LogP contribution in [-0.2, 0) is 14.8 Å². The van der Waals surface area contributed by atoms with Crippen molar-refractivity contribution in [2.24, 2.45) is 0 Å². The van der Waals surface area contributed by atoms with E-state index in [0.29, 0.717) is 12.3 Å². The molecule has 1 saturated heterocycles. The summed E-state index contributed by atoms with van der Waals surface area (Å²) in [6.45, 7) is 4.85. The van der Waals surface area contributed by atoms with E-state index in [-0.39, 0.29) is 29.1 Å². The molecule has 25 heavy (non-hydrogen) atoms. The van der Waals surface area contributed by atoms with Gasteiger partial charge in [0.2, 0.25) is 10.0 Å². The molecule has 0 aromatic heterocycles. The van der Waals surface area contributed by atoms with Crippen LogP contribution in [0, 0.1) is 0 Å². The van der Waals surface area contributed by atoms with Crippen LogP contribution in [0.15, 0.2) is 23.1 Å². The van der Waals surface area contributed by atoms with Crippen molar-refractivity contribution < 1.29 is 23.1 Å². The van der Waals surface area contributed by atoms with E-state index in [0.717, 1.165) is 25.7 Å². The summed E-state index contributed by atoms with van der Waals surface area (Å²) in [6.07, 6.45) is 3.48. The van der Waals surface area contributed by atoms with E-state index in [1.807, 2.05) is 13.8 Å². The molecule has 1 aromatic rings. The Morgan fingerprint density at radius 3 is 2.80 bits per heavy atom. The molecule has 0 spiro atoms. The van der Waals surface area contributed by atoms with Crippen molar-refractivity contribution in [3.05, 3.63) is 23.8 Å². The first kappa shape index (κ1) is 19.7. The number of hydrogen-bond donors (Lipinski definition) is 3. The normalized spacial score (nSPS) is 18.9. The molecule has 8 heteroatoms. The van der Waals surface area contributed by atoms with Crippen LogP contribution in [0.2, 0.25) is 0 Å². The van der Waals surface area contributed by atoms with E-state index < -0.39 is 16.0 Å². The molecule has 2 atom stereocenters. The summed E-state index contributed by atoms with van der Waals surface area (Å²) in [5.74, 6) is -1.16. The Labute approximate surface area is 148 Å². The summed E-state index contributed by atoms with van der Waals surface area (Å²) >= 11 is 0. The van der Waals surface area contributed by atoms with Crippen LogP contribution < -0.4 is 10.0 Å². The fraction of sp³-hybridized carbons (Fsp3) is 0.588. The minimum absolute atomic E-state index is 0.0528. The maximum absolute atomic E-state index is 12.4. The van der Waals surface area contributed by atoms with Crippen molar-refractivity contribution in [2.45, 2.75) is 56.6 Å². The van der Waals surface area contributed by atoms with Gasteiger partial charge in [-0.05, 0) is 44.4 Å². The largest absolute Gasteiger partial charge is 0.478 e. The number of hydrogen-bond acceptors (Lipinski definition) is 5. The lowest BCUT2D eigenvalue weighted by molar-refractivity contribution is 0.0697. The van der Waals surface area contributed by atoms with E-state index in [9.17, 15) is 18.3 Å². The quantitative estimate of drug-likeness (QED) is 0.617. The van der Waals surface area contributed by atoms with Gasteiger partial charge < -0.3 is 15.2 Å². The second kappa shape index (κ2) is 8.64. The molecule has 1 aromatic carbocycles. The average Bonchev–Trinajstić information content (AvgIpc) is 3.06. The van der Waals surface area contributed by atoms with Gasteiger partial charge in [-0.1, -0.05) is 13.3 Å². The Hall–Kier alpha value is -1.64. The standard InChI is InChI=1S/C17H26N2O5S/c1-3-5-12(2)19-16-8-7-14(10-15(16)17(20)21)25(22,23)18-11-13-6-4-9-24-13/h7-8,10,12-13,18-19H,3-6,9,11H2,1-2H3,(H,20,21). The number of carbonyl (C=O) groups is 1. The van der Waals surface area contributed by atoms with E-state index in [2.05, 4.69) is 10.0 Å². The lowest BCUT2D eigenvalue weighted by Crippen LogP contribution is -2.32. The molecule has 3 N–H and O–H groups in total. The summed E-state index contributed by atoms with van der Waals surface area (Å²) in [6, 6.07) is 4.23. The topological polar surface area (TPSA) is 105 Å². The Morgan fingerprint density at radius 2 is 2.20 bits per heavy atom. The van der Waals surface area contributed by atoms with Gasteiger partial charge in [-0.2, -0.15) is 0 Å². The molecule has 2 rings (SSSR count). The molecule has 1 heterocycles. The van der Waals surface area contributed by atoms with Gasteiger partial charge in [0.25, 0.3) is 0 Å². The summed E-state index contributed by atoms with van der Waals surface area (Å²) < 4.78 is 32.7. The van der Waals surface area contributed by atoms with Crippen molar-refractivity contribution in [1.29, 1.82) is 0 Å². The van der Waals surface area contributed by atoms with E-state index >= 15 is 0 Å². The molecule has 1 fully saturated rings. The Kier molecular flexibility index (Phi) is 6.80. The number of sulfonamides is 1. The molecule has 2 unspecified atom stereocenters. The molecule has 140 valence electrons. The van der Waals surface area contributed by atoms with E-state index in [1.165, 1.54) is 18.2 Å². The number of carboxylic acids is 1. The van der Waals surface area contributed by atoms with Gasteiger partial charge in [0, 0.05) is 24.9 Å². The predicted octanol–water partition coefficient (Wildman–Crippen LogP) is 2.44. The number of anilines is 1. The molecule has 1 aliphatic heterocycles. The zero-order chi connectivity index (χ0) is 18.4. The van der Waals surface area contributed by atoms with E-state index in [4.69, 9.17) is 4.74 Å². The molecule has 0 radical (unpaired) electrons. The van der Waals surface area contributed by atoms with Crippen LogP contribution in [-0.4, -0.2) is 44.8 Å². The van der Waals surface area contributed by atoms with Crippen LogP contribution in [0.1, 0.15) is 49.9 Å². The summed E-state index contributed by atoms with van der Waals surface area (Å²) in [5.41, 5.74) is 0.370. The molecule has 0 bridgehead atoms. The number of carboxylic acid groups (broad SMARTS) is 1. The van der Waals surface area contributed by atoms with Crippen molar-refractivity contribution in [3.8, 4) is 0 Å². The van der Waals surface area contributed by atoms with Gasteiger partial charge in [-0.3, -0.25) is 0 Å². The summed E-state index contributed by atoms with van der Waals surface area (Å²) in [7, 11) is -3.78. The lowest BCUT2D eigenvalue weighted by Gasteiger charge is -2.17. The van der Waals surface area contributed by atoms with Crippen LogP contribution in [0.25, 0.3) is 0 Å². The number of benzene rings is 1. The monoisotopic (exact) mass is 370 g/mol. The van der Waals surface area contributed by atoms with Crippen LogP contribution in [0.5, 0.6) is 0 Å². The summed E-state index contributed by atoms with van der Waals surface area (Å²) in [4.78, 5) is 11.5. The third-order valence-corrected chi connectivity index (χ3v) is 5.60. The highest BCUT2D eigenvalue weighted by Crippen LogP contribution is 2.22. The fourth-order valence-electron chi connectivity index (χ4n) is 2.86. The third-order valence-electron chi connectivity index (χ3n) is 4.18. The Bertz CT molecular complexity index is 699. The zero-order valence-electron chi connectivity index (χ0n) is 14.6. The highest BCUT2D eigenvalue weighted by molar-refractivity contribution is 7.89. The summed E-state index contributed by atoms with van der Waals surface area (Å²) in [5, 5.41) is 12.6. The first-order valence-corrected chi connectivity index (χ1v) is 10.1. The van der Waals surface area contributed by atoms with Gasteiger partial charge in [0.1, 0.15) is 0 Å². The van der Waals surface area contributed by atoms with Crippen molar-refractivity contribution in [2.75, 3.05) is 18.5 Å². The van der Waals surface area contributed by atoms with Crippen molar-refractivity contribution in [3.63, 3.8) is 0 Å². The molecule has 1 aliphatic rings. The van der Waals surface area contributed by atoms with Crippen LogP contribution >= 0.6 is 0 Å². The van der Waals surface area contributed by atoms with Gasteiger partial charge in [0.15, 0.2) is 0 Å². The molecule has 7 nitrogen and oxygen atoms in total. The van der Waals surface area contributed by atoms with Crippen molar-refractivity contribution >= 4 is 21.7 Å². The lowest BCUT2D eigenvalue weighted by atomic mass is 10.1. The zero-order valence-corrected chi connectivity index (χ0v) is 15.4. The SMILES string of the molecule is CCCC(C)Nc1ccc(S(=O)(=O)NCC2CCCO2)cc1C(=O)O. The Morgan fingerprint density at radius 1 is 1.44 bits per heavy atom. The van der Waals surface area contributed by atoms with Crippen molar-refractivity contribution in [1.82, 2.24) is 4.72 Å². The first-order chi connectivity index (χ1) is 11.8. The fourth-order valence-corrected chi connectivity index (χ4v) is 3.95. The minimum Gasteiger partial charge on any atom is -0.478 e. The third kappa shape index (κ3) is 5.42. The van der Waals surface area contributed by atoms with Gasteiger partial charge in [-0.15, -0.1) is 0 Å². The highest BCUT2D eigenvalue weighted by Gasteiger charge is 2.22. The average molecular weight is 370 g/mol. The van der Waals surface area contributed by atoms with Crippen LogP contribution in [0.4, 0.5) is 5.69 Å². The molecule has 0 saturated carbocycles. The number of rotatable bonds is 9. The maximum Gasteiger partial charge on any atom is 0.337 e. The molecule has 0 aliphatic carbocycles. The van der Waals surface area contributed by atoms with Crippen LogP contribution in [0.3, 0.4) is 0 Å². The Balaban J connectivity index is 2.17. The smallest absolute Gasteiger partial charge is 0.337 e. The minimum atomic E-state index is -3.78. The van der Waals surface area contributed by atoms with E-state index in [1.54, 1.807) is 0 Å². The molecular weight excluding hydrogens is 344 g/mol. The molecule has 0 amide bonds. The number of nitrogens with one attached hydrogen (secondary N) is 2. The van der Waals surface area contributed by atoms with Gasteiger partial charge in [-0.25, -0.2) is 17.9 Å². The molecular formula is C17H26N2O5S.